The predicted octanol–water partition coefficient (Wildman–Crippen LogP) is 10.8. The highest BCUT2D eigenvalue weighted by Crippen LogP contribution is 2.39. The average Bonchev–Trinajstić information content (AvgIpc) is 3.14. The first-order chi connectivity index (χ1) is 22.8. The molecule has 1 atom stereocenters. The van der Waals surface area contributed by atoms with Crippen LogP contribution in [0.5, 0.6) is 0 Å². The lowest BCUT2D eigenvalue weighted by atomic mass is 9.92. The van der Waals surface area contributed by atoms with Crippen LogP contribution in [0.3, 0.4) is 0 Å². The molecule has 3 nitrogen and oxygen atoms in total. The Morgan fingerprint density at radius 2 is 1.17 bits per heavy atom. The summed E-state index contributed by atoms with van der Waals surface area (Å²) in [6.07, 6.45) is -0.212. The molecule has 0 amide bonds. The van der Waals surface area contributed by atoms with E-state index in [4.69, 9.17) is 9.98 Å². The number of hydrogen-bond acceptors (Lipinski definition) is 3. The summed E-state index contributed by atoms with van der Waals surface area (Å²) in [6.45, 7) is 0. The van der Waals surface area contributed by atoms with Crippen molar-refractivity contribution in [2.45, 2.75) is 6.17 Å². The van der Waals surface area contributed by atoms with Crippen molar-refractivity contribution in [2.75, 3.05) is 5.32 Å². The predicted molar refractivity (Wildman–Crippen MR) is 193 cm³/mol. The Morgan fingerprint density at radius 1 is 0.478 bits per heavy atom. The lowest BCUT2D eigenvalue weighted by molar-refractivity contribution is 0.828. The monoisotopic (exact) mass is 587 g/mol. The molecular formula is C43H29N3. The van der Waals surface area contributed by atoms with Crippen LogP contribution in [0.25, 0.3) is 54.8 Å². The van der Waals surface area contributed by atoms with Crippen LogP contribution >= 0.6 is 0 Å². The number of aliphatic imine (C=N–C) groups is 1. The highest BCUT2D eigenvalue weighted by Gasteiger charge is 2.23. The van der Waals surface area contributed by atoms with Gasteiger partial charge in [-0.15, -0.1) is 0 Å². The molecule has 1 aromatic heterocycles. The van der Waals surface area contributed by atoms with Crippen molar-refractivity contribution < 1.29 is 0 Å². The summed E-state index contributed by atoms with van der Waals surface area (Å²) >= 11 is 0. The van der Waals surface area contributed by atoms with Gasteiger partial charge in [0.15, 0.2) is 0 Å². The Hall–Kier alpha value is -6.06. The van der Waals surface area contributed by atoms with E-state index in [0.29, 0.717) is 0 Å². The second-order valence-electron chi connectivity index (χ2n) is 11.8. The summed E-state index contributed by atoms with van der Waals surface area (Å²) in [5.41, 5.74) is 10.9. The number of pyridine rings is 1. The van der Waals surface area contributed by atoms with Gasteiger partial charge in [0, 0.05) is 38.5 Å². The first-order valence-corrected chi connectivity index (χ1v) is 15.7. The van der Waals surface area contributed by atoms with Gasteiger partial charge >= 0.3 is 0 Å². The lowest BCUT2D eigenvalue weighted by Crippen LogP contribution is -2.20. The first kappa shape index (κ1) is 26.4. The SMILES string of the molecule is c1ccc(-c2cccc3c(-c4ccc(C5N=C(c6ccc7ccccc7c6)c6ccccc6N5)cc4)nc4ccccc4c23)cc1. The highest BCUT2D eigenvalue weighted by atomic mass is 15.1. The zero-order valence-electron chi connectivity index (χ0n) is 25.1. The van der Waals surface area contributed by atoms with Crippen LogP contribution in [0.1, 0.15) is 22.9 Å². The summed E-state index contributed by atoms with van der Waals surface area (Å²) < 4.78 is 0. The Morgan fingerprint density at radius 3 is 2.07 bits per heavy atom. The minimum Gasteiger partial charge on any atom is -0.360 e. The summed E-state index contributed by atoms with van der Waals surface area (Å²) in [5.74, 6) is 0. The van der Waals surface area contributed by atoms with Gasteiger partial charge in [-0.2, -0.15) is 0 Å². The fraction of sp³-hybridized carbons (Fsp3) is 0.0233. The second kappa shape index (κ2) is 10.8. The molecule has 3 heteroatoms. The van der Waals surface area contributed by atoms with Crippen molar-refractivity contribution in [3.8, 4) is 22.4 Å². The van der Waals surface area contributed by atoms with Gasteiger partial charge in [0.2, 0.25) is 0 Å². The molecule has 46 heavy (non-hydrogen) atoms. The molecule has 0 saturated carbocycles. The van der Waals surface area contributed by atoms with Crippen LogP contribution in [0.4, 0.5) is 5.69 Å². The molecule has 1 unspecified atom stereocenters. The topological polar surface area (TPSA) is 37.3 Å². The van der Waals surface area contributed by atoms with Gasteiger partial charge in [0.1, 0.15) is 6.17 Å². The molecular weight excluding hydrogens is 558 g/mol. The number of benzene rings is 7. The average molecular weight is 588 g/mol. The third-order valence-corrected chi connectivity index (χ3v) is 9.07. The van der Waals surface area contributed by atoms with Gasteiger partial charge < -0.3 is 5.32 Å². The lowest BCUT2D eigenvalue weighted by Gasteiger charge is -2.26. The van der Waals surface area contributed by atoms with E-state index in [9.17, 15) is 0 Å². The van der Waals surface area contributed by atoms with Crippen molar-refractivity contribution >= 4 is 43.8 Å². The minimum atomic E-state index is -0.212. The number of hydrogen-bond donors (Lipinski definition) is 1. The van der Waals surface area contributed by atoms with Crippen molar-refractivity contribution in [3.05, 3.63) is 180 Å². The van der Waals surface area contributed by atoms with E-state index in [-0.39, 0.29) is 6.17 Å². The van der Waals surface area contributed by atoms with Crippen molar-refractivity contribution in [1.82, 2.24) is 4.98 Å². The minimum absolute atomic E-state index is 0.212. The summed E-state index contributed by atoms with van der Waals surface area (Å²) in [7, 11) is 0. The van der Waals surface area contributed by atoms with Crippen LogP contribution in [-0.2, 0) is 0 Å². The van der Waals surface area contributed by atoms with Crippen molar-refractivity contribution in [2.24, 2.45) is 4.99 Å². The molecule has 1 aliphatic rings. The molecule has 8 aromatic rings. The molecule has 0 aliphatic carbocycles. The maximum Gasteiger partial charge on any atom is 0.145 e. The largest absolute Gasteiger partial charge is 0.360 e. The number of rotatable bonds is 4. The molecule has 216 valence electrons. The van der Waals surface area contributed by atoms with E-state index in [1.807, 2.05) is 0 Å². The Labute approximate surface area is 267 Å². The maximum absolute atomic E-state index is 5.30. The molecule has 0 spiro atoms. The van der Waals surface area contributed by atoms with Gasteiger partial charge in [-0.1, -0.05) is 146 Å². The van der Waals surface area contributed by atoms with Gasteiger partial charge in [-0.25, -0.2) is 4.98 Å². The number of anilines is 1. The molecule has 0 fully saturated rings. The summed E-state index contributed by atoms with van der Waals surface area (Å²) in [4.78, 5) is 10.5. The van der Waals surface area contributed by atoms with E-state index in [2.05, 4.69) is 169 Å². The van der Waals surface area contributed by atoms with Crippen molar-refractivity contribution in [3.63, 3.8) is 0 Å². The van der Waals surface area contributed by atoms with Gasteiger partial charge in [0.05, 0.1) is 16.9 Å². The van der Waals surface area contributed by atoms with E-state index < -0.39 is 0 Å². The van der Waals surface area contributed by atoms with Crippen LogP contribution in [-0.4, -0.2) is 10.7 Å². The molecule has 1 aliphatic heterocycles. The van der Waals surface area contributed by atoms with E-state index in [0.717, 1.165) is 55.6 Å². The van der Waals surface area contributed by atoms with Crippen molar-refractivity contribution in [1.29, 1.82) is 0 Å². The highest BCUT2D eigenvalue weighted by molar-refractivity contribution is 6.18. The molecule has 0 radical (unpaired) electrons. The normalized spacial score (nSPS) is 14.2. The number of nitrogens with one attached hydrogen (secondary N) is 1. The molecule has 7 aromatic carbocycles. The molecule has 1 N–H and O–H groups in total. The van der Waals surface area contributed by atoms with Crippen LogP contribution in [0, 0.1) is 0 Å². The van der Waals surface area contributed by atoms with Crippen LogP contribution < -0.4 is 5.32 Å². The second-order valence-corrected chi connectivity index (χ2v) is 11.8. The number of fused-ring (bicyclic) bond motifs is 5. The van der Waals surface area contributed by atoms with Gasteiger partial charge in [-0.05, 0) is 45.7 Å². The number of para-hydroxylation sites is 2. The van der Waals surface area contributed by atoms with Gasteiger partial charge in [-0.3, -0.25) is 4.99 Å². The Kier molecular flexibility index (Phi) is 6.20. The maximum atomic E-state index is 5.30. The fourth-order valence-corrected chi connectivity index (χ4v) is 6.82. The van der Waals surface area contributed by atoms with Crippen LogP contribution in [0.15, 0.2) is 169 Å². The van der Waals surface area contributed by atoms with Crippen LogP contribution in [0.2, 0.25) is 0 Å². The zero-order valence-corrected chi connectivity index (χ0v) is 25.1. The van der Waals surface area contributed by atoms with E-state index in [1.165, 1.54) is 27.3 Å². The molecule has 9 rings (SSSR count). The summed E-state index contributed by atoms with van der Waals surface area (Å²) in [5, 5.41) is 9.67. The quantitative estimate of drug-likeness (QED) is 0.208. The fourth-order valence-electron chi connectivity index (χ4n) is 6.82. The number of aromatic nitrogens is 1. The first-order valence-electron chi connectivity index (χ1n) is 15.7. The third kappa shape index (κ3) is 4.44. The third-order valence-electron chi connectivity index (χ3n) is 9.07. The number of nitrogens with zero attached hydrogens (tertiary/aromatic N) is 2. The smallest absolute Gasteiger partial charge is 0.145 e. The van der Waals surface area contributed by atoms with E-state index >= 15 is 0 Å². The standard InChI is InChI=1S/C43H29N3/c1-2-12-29(13-3-1)34-17-10-18-37-40(34)35-15-6-8-19-38(35)44-41(37)30-22-24-31(25-23-30)43-45-39-20-9-7-16-36(39)42(46-43)33-26-21-28-11-4-5-14-32(28)27-33/h1-27,43,45H. The van der Waals surface area contributed by atoms with E-state index in [1.54, 1.807) is 0 Å². The Bertz CT molecular complexity index is 2440. The summed E-state index contributed by atoms with van der Waals surface area (Å²) in [6, 6.07) is 57.9. The molecule has 2 heterocycles. The Balaban J connectivity index is 1.15. The molecule has 0 saturated heterocycles. The van der Waals surface area contributed by atoms with Gasteiger partial charge in [0.25, 0.3) is 0 Å². The molecule has 0 bridgehead atoms. The zero-order chi connectivity index (χ0) is 30.5.